The zero-order chi connectivity index (χ0) is 18.9. The minimum absolute atomic E-state index is 0.0507. The number of hydrogen-bond acceptors (Lipinski definition) is 3. The summed E-state index contributed by atoms with van der Waals surface area (Å²) in [4.78, 5) is 0. The Hall–Kier alpha value is -2.27. The van der Waals surface area contributed by atoms with Gasteiger partial charge in [-0.25, -0.2) is 0 Å². The van der Waals surface area contributed by atoms with Gasteiger partial charge in [0.05, 0.1) is 13.2 Å². The van der Waals surface area contributed by atoms with E-state index in [2.05, 4.69) is 56.5 Å². The average molecular weight is 371 g/mol. The van der Waals surface area contributed by atoms with Crippen molar-refractivity contribution >= 4 is 23.0 Å². The second-order valence-corrected chi connectivity index (χ2v) is 7.91. The highest BCUT2D eigenvalue weighted by molar-refractivity contribution is 7.80. The Morgan fingerprint density at radius 2 is 1.85 bits per heavy atom. The van der Waals surface area contributed by atoms with E-state index in [1.165, 1.54) is 11.1 Å². The van der Waals surface area contributed by atoms with E-state index in [-0.39, 0.29) is 11.6 Å². The zero-order valence-electron chi connectivity index (χ0n) is 16.0. The van der Waals surface area contributed by atoms with Crippen LogP contribution in [0.2, 0.25) is 0 Å². The molecular weight excluding hydrogens is 344 g/mol. The van der Waals surface area contributed by atoms with Crippen molar-refractivity contribution in [2.75, 3.05) is 12.4 Å². The lowest BCUT2D eigenvalue weighted by molar-refractivity contribution is 0.0695. The smallest absolute Gasteiger partial charge is 0.171 e. The third-order valence-corrected chi connectivity index (χ3v) is 4.68. The highest BCUT2D eigenvalue weighted by Gasteiger charge is 2.34. The van der Waals surface area contributed by atoms with Gasteiger partial charge < -0.3 is 20.1 Å². The lowest BCUT2D eigenvalue weighted by atomic mass is 9.89. The molecule has 2 N–H and O–H groups in total. The molecule has 1 atom stereocenters. The summed E-state index contributed by atoms with van der Waals surface area (Å²) in [5, 5.41) is 7.36. The number of methoxy groups -OCH3 is 1. The fourth-order valence-electron chi connectivity index (χ4n) is 3.46. The van der Waals surface area contributed by atoms with Crippen LogP contribution in [0.25, 0.3) is 0 Å². The molecule has 1 unspecified atom stereocenters. The number of aryl methyl sites for hydroxylation is 2. The summed E-state index contributed by atoms with van der Waals surface area (Å²) in [5.74, 6) is 1.68. The van der Waals surface area contributed by atoms with Gasteiger partial charge in [0.25, 0.3) is 0 Å². The second-order valence-electron chi connectivity index (χ2n) is 7.50. The van der Waals surface area contributed by atoms with Crippen LogP contribution in [0, 0.1) is 13.8 Å². The Bertz CT molecular complexity index is 813. The lowest BCUT2D eigenvalue weighted by Crippen LogP contribution is -2.42. The number of fused-ring (bicyclic) bond motifs is 1. The van der Waals surface area contributed by atoms with E-state index in [9.17, 15) is 0 Å². The van der Waals surface area contributed by atoms with Crippen LogP contribution in [0.3, 0.4) is 0 Å². The first kappa shape index (κ1) is 18.5. The van der Waals surface area contributed by atoms with Crippen LogP contribution in [-0.4, -0.2) is 17.8 Å². The van der Waals surface area contributed by atoms with Crippen molar-refractivity contribution in [2.45, 2.75) is 45.8 Å². The number of anilines is 1. The zero-order valence-corrected chi connectivity index (χ0v) is 16.8. The quantitative estimate of drug-likeness (QED) is 0.752. The molecule has 2 aromatic rings. The maximum atomic E-state index is 6.12. The molecule has 1 aliphatic rings. The number of thiocarbonyl (C=S) groups is 1. The van der Waals surface area contributed by atoms with Crippen molar-refractivity contribution in [3.05, 3.63) is 53.1 Å². The Balaban J connectivity index is 1.81. The monoisotopic (exact) mass is 370 g/mol. The van der Waals surface area contributed by atoms with Crippen molar-refractivity contribution in [1.29, 1.82) is 0 Å². The van der Waals surface area contributed by atoms with E-state index < -0.39 is 0 Å². The van der Waals surface area contributed by atoms with Gasteiger partial charge in [-0.15, -0.1) is 0 Å². The topological polar surface area (TPSA) is 42.5 Å². The minimum Gasteiger partial charge on any atom is -0.497 e. The molecule has 0 aliphatic carbocycles. The molecule has 0 amide bonds. The molecule has 3 rings (SSSR count). The molecule has 0 aromatic heterocycles. The van der Waals surface area contributed by atoms with E-state index in [0.29, 0.717) is 5.11 Å². The maximum Gasteiger partial charge on any atom is 0.171 e. The molecule has 1 heterocycles. The number of benzene rings is 2. The average Bonchev–Trinajstić information content (AvgIpc) is 2.52. The Kier molecular flexibility index (Phi) is 5.10. The van der Waals surface area contributed by atoms with Gasteiger partial charge in [-0.3, -0.25) is 0 Å². The van der Waals surface area contributed by atoms with Crippen molar-refractivity contribution < 1.29 is 9.47 Å². The summed E-state index contributed by atoms with van der Waals surface area (Å²) >= 11 is 5.57. The molecule has 1 aliphatic heterocycles. The number of ether oxygens (including phenoxy) is 2. The standard InChI is InChI=1S/C21H26N2O2S/c1-13-8-14(2)10-15(9-13)22-20(26)23-18-12-21(3,4)25-19-7-6-16(24-5)11-17(18)19/h6-11,18H,12H2,1-5H3,(H2,22,23,26). The summed E-state index contributed by atoms with van der Waals surface area (Å²) in [7, 11) is 1.67. The molecule has 0 fully saturated rings. The third-order valence-electron chi connectivity index (χ3n) is 4.46. The van der Waals surface area contributed by atoms with Gasteiger partial charge in [-0.2, -0.15) is 0 Å². The molecule has 0 bridgehead atoms. The van der Waals surface area contributed by atoms with E-state index in [4.69, 9.17) is 21.7 Å². The lowest BCUT2D eigenvalue weighted by Gasteiger charge is -2.38. The predicted octanol–water partition coefficient (Wildman–Crippen LogP) is 4.90. The second kappa shape index (κ2) is 7.16. The van der Waals surface area contributed by atoms with Crippen LogP contribution in [0.15, 0.2) is 36.4 Å². The highest BCUT2D eigenvalue weighted by atomic mass is 32.1. The molecule has 0 radical (unpaired) electrons. The van der Waals surface area contributed by atoms with Crippen LogP contribution >= 0.6 is 12.2 Å². The highest BCUT2D eigenvalue weighted by Crippen LogP contribution is 2.41. The molecule has 2 aromatic carbocycles. The van der Waals surface area contributed by atoms with Crippen molar-refractivity contribution in [2.24, 2.45) is 0 Å². The van der Waals surface area contributed by atoms with Crippen LogP contribution in [0.4, 0.5) is 5.69 Å². The van der Waals surface area contributed by atoms with Gasteiger partial charge in [-0.05, 0) is 81.4 Å². The van der Waals surface area contributed by atoms with Crippen LogP contribution in [0.5, 0.6) is 11.5 Å². The summed E-state index contributed by atoms with van der Waals surface area (Å²) in [6.45, 7) is 8.35. The first-order valence-corrected chi connectivity index (χ1v) is 9.19. The van der Waals surface area contributed by atoms with Gasteiger partial charge in [-0.1, -0.05) is 6.07 Å². The van der Waals surface area contributed by atoms with Crippen LogP contribution in [0.1, 0.15) is 43.0 Å². The van der Waals surface area contributed by atoms with Gasteiger partial charge >= 0.3 is 0 Å². The predicted molar refractivity (Wildman–Crippen MR) is 110 cm³/mol. The summed E-state index contributed by atoms with van der Waals surface area (Å²) in [6.07, 6.45) is 0.807. The molecule has 5 heteroatoms. The van der Waals surface area contributed by atoms with Gasteiger partial charge in [0.1, 0.15) is 17.1 Å². The molecule has 0 saturated carbocycles. The molecule has 4 nitrogen and oxygen atoms in total. The van der Waals surface area contributed by atoms with Gasteiger partial charge in [0, 0.05) is 17.7 Å². The van der Waals surface area contributed by atoms with Gasteiger partial charge in [0.2, 0.25) is 0 Å². The molecule has 138 valence electrons. The normalized spacial score (nSPS) is 17.7. The SMILES string of the molecule is COc1ccc2c(c1)C(NC(=S)Nc1cc(C)cc(C)c1)CC(C)(C)O2. The molecule has 0 spiro atoms. The maximum absolute atomic E-state index is 6.12. The van der Waals surface area contributed by atoms with E-state index in [0.717, 1.165) is 29.2 Å². The molecule has 0 saturated heterocycles. The fraction of sp³-hybridized carbons (Fsp3) is 0.381. The molecule has 26 heavy (non-hydrogen) atoms. The first-order chi connectivity index (χ1) is 12.3. The Labute approximate surface area is 160 Å². The van der Waals surface area contributed by atoms with Crippen molar-refractivity contribution in [3.8, 4) is 11.5 Å². The van der Waals surface area contributed by atoms with E-state index in [1.54, 1.807) is 7.11 Å². The van der Waals surface area contributed by atoms with Crippen LogP contribution in [-0.2, 0) is 0 Å². The van der Waals surface area contributed by atoms with Crippen LogP contribution < -0.4 is 20.1 Å². The Morgan fingerprint density at radius 3 is 2.50 bits per heavy atom. The number of hydrogen-bond donors (Lipinski definition) is 2. The fourth-order valence-corrected chi connectivity index (χ4v) is 3.72. The van der Waals surface area contributed by atoms with Gasteiger partial charge in [0.15, 0.2) is 5.11 Å². The van der Waals surface area contributed by atoms with Crippen molar-refractivity contribution in [1.82, 2.24) is 5.32 Å². The third kappa shape index (κ3) is 4.28. The van der Waals surface area contributed by atoms with Crippen molar-refractivity contribution in [3.63, 3.8) is 0 Å². The number of nitrogens with one attached hydrogen (secondary N) is 2. The summed E-state index contributed by atoms with van der Waals surface area (Å²) < 4.78 is 11.5. The van der Waals surface area contributed by atoms with E-state index >= 15 is 0 Å². The summed E-state index contributed by atoms with van der Waals surface area (Å²) in [6, 6.07) is 12.3. The minimum atomic E-state index is -0.269. The summed E-state index contributed by atoms with van der Waals surface area (Å²) in [5.41, 5.74) is 4.20. The van der Waals surface area contributed by atoms with E-state index in [1.807, 2.05) is 18.2 Å². The Morgan fingerprint density at radius 1 is 1.15 bits per heavy atom. The molecular formula is C21H26N2O2S. The first-order valence-electron chi connectivity index (χ1n) is 8.78. The largest absolute Gasteiger partial charge is 0.497 e. The number of rotatable bonds is 3.